The van der Waals surface area contributed by atoms with Crippen LogP contribution in [0.3, 0.4) is 0 Å². The Morgan fingerprint density at radius 2 is 2.33 bits per heavy atom. The minimum atomic E-state index is -0.191. The summed E-state index contributed by atoms with van der Waals surface area (Å²) in [4.78, 5) is 0. The predicted molar refractivity (Wildman–Crippen MR) is 37.3 cm³/mol. The maximum Gasteiger partial charge on any atom is 0.0636 e. The highest BCUT2D eigenvalue weighted by molar-refractivity contribution is 4.75. The molecule has 0 aromatic heterocycles. The van der Waals surface area contributed by atoms with Crippen LogP contribution in [0.4, 0.5) is 0 Å². The molecule has 1 fully saturated rings. The highest BCUT2D eigenvalue weighted by Gasteiger charge is 2.20. The first kappa shape index (κ1) is 7.03. The van der Waals surface area contributed by atoms with Crippen molar-refractivity contribution in [1.29, 1.82) is 0 Å². The largest absolute Gasteiger partial charge is 0.392 e. The first-order valence-electron chi connectivity index (χ1n) is 3.68. The molecule has 0 unspecified atom stereocenters. The number of aliphatic hydroxyl groups is 1. The summed E-state index contributed by atoms with van der Waals surface area (Å²) in [7, 11) is 0. The molecule has 0 spiro atoms. The molecule has 2 N–H and O–H groups in total. The van der Waals surface area contributed by atoms with Crippen LogP contribution in [0.1, 0.15) is 19.8 Å². The Bertz CT molecular complexity index is 77.0. The SMILES string of the molecule is C[C@H](O)CNCC1CC1. The van der Waals surface area contributed by atoms with Crippen molar-refractivity contribution in [2.75, 3.05) is 13.1 Å². The molecule has 2 nitrogen and oxygen atoms in total. The molecule has 1 aliphatic rings. The van der Waals surface area contributed by atoms with Gasteiger partial charge in [0, 0.05) is 6.54 Å². The molecule has 1 atom stereocenters. The second kappa shape index (κ2) is 3.18. The standard InChI is InChI=1S/C7H15NO/c1-6(9)4-8-5-7-2-3-7/h6-9H,2-5H2,1H3/t6-/m0/s1. The van der Waals surface area contributed by atoms with Crippen molar-refractivity contribution in [3.63, 3.8) is 0 Å². The maximum atomic E-state index is 8.82. The van der Waals surface area contributed by atoms with Crippen molar-refractivity contribution in [2.24, 2.45) is 5.92 Å². The molecule has 1 aliphatic carbocycles. The van der Waals surface area contributed by atoms with Gasteiger partial charge in [0.15, 0.2) is 0 Å². The zero-order valence-corrected chi connectivity index (χ0v) is 5.93. The van der Waals surface area contributed by atoms with E-state index in [0.29, 0.717) is 0 Å². The van der Waals surface area contributed by atoms with Crippen molar-refractivity contribution in [3.8, 4) is 0 Å². The summed E-state index contributed by atoms with van der Waals surface area (Å²) in [5.41, 5.74) is 0. The monoisotopic (exact) mass is 129 g/mol. The van der Waals surface area contributed by atoms with Crippen LogP contribution in [-0.2, 0) is 0 Å². The number of rotatable bonds is 4. The van der Waals surface area contributed by atoms with Crippen LogP contribution < -0.4 is 5.32 Å². The molecule has 0 saturated heterocycles. The predicted octanol–water partition coefficient (Wildman–Crippen LogP) is 0.367. The summed E-state index contributed by atoms with van der Waals surface area (Å²) in [5, 5.41) is 12.0. The highest BCUT2D eigenvalue weighted by atomic mass is 16.3. The Morgan fingerprint density at radius 3 is 2.78 bits per heavy atom. The van der Waals surface area contributed by atoms with Crippen molar-refractivity contribution in [2.45, 2.75) is 25.9 Å². The first-order chi connectivity index (χ1) is 4.29. The van der Waals surface area contributed by atoms with Crippen LogP contribution in [0.15, 0.2) is 0 Å². The molecule has 0 heterocycles. The molecule has 9 heavy (non-hydrogen) atoms. The van der Waals surface area contributed by atoms with E-state index in [2.05, 4.69) is 5.32 Å². The highest BCUT2D eigenvalue weighted by Crippen LogP contribution is 2.27. The number of hydrogen-bond acceptors (Lipinski definition) is 2. The van der Waals surface area contributed by atoms with E-state index in [1.54, 1.807) is 6.92 Å². The molecule has 0 amide bonds. The van der Waals surface area contributed by atoms with Crippen molar-refractivity contribution in [1.82, 2.24) is 5.32 Å². The zero-order chi connectivity index (χ0) is 6.69. The maximum absolute atomic E-state index is 8.82. The minimum Gasteiger partial charge on any atom is -0.392 e. The average molecular weight is 129 g/mol. The summed E-state index contributed by atoms with van der Waals surface area (Å²) < 4.78 is 0. The summed E-state index contributed by atoms with van der Waals surface area (Å²) in [6.45, 7) is 3.65. The van der Waals surface area contributed by atoms with Crippen molar-refractivity contribution in [3.05, 3.63) is 0 Å². The van der Waals surface area contributed by atoms with E-state index in [1.165, 1.54) is 12.8 Å². The number of nitrogens with one attached hydrogen (secondary N) is 1. The second-order valence-corrected chi connectivity index (χ2v) is 2.95. The lowest BCUT2D eigenvalue weighted by Gasteiger charge is -2.04. The topological polar surface area (TPSA) is 32.3 Å². The number of hydrogen-bond donors (Lipinski definition) is 2. The lowest BCUT2D eigenvalue weighted by molar-refractivity contribution is 0.191. The Balaban J connectivity index is 1.81. The normalized spacial score (nSPS) is 22.0. The van der Waals surface area contributed by atoms with E-state index in [4.69, 9.17) is 5.11 Å². The van der Waals surface area contributed by atoms with Crippen LogP contribution >= 0.6 is 0 Å². The third-order valence-electron chi connectivity index (χ3n) is 1.57. The lowest BCUT2D eigenvalue weighted by Crippen LogP contribution is -2.26. The Labute approximate surface area is 56.3 Å². The average Bonchev–Trinajstić information content (AvgIpc) is 2.48. The smallest absolute Gasteiger partial charge is 0.0636 e. The third kappa shape index (κ3) is 3.49. The first-order valence-corrected chi connectivity index (χ1v) is 3.68. The lowest BCUT2D eigenvalue weighted by atomic mass is 10.3. The van der Waals surface area contributed by atoms with E-state index < -0.39 is 0 Å². The quantitative estimate of drug-likeness (QED) is 0.574. The molecule has 1 rings (SSSR count). The van der Waals surface area contributed by atoms with Gasteiger partial charge < -0.3 is 10.4 Å². The minimum absolute atomic E-state index is 0.191. The molecule has 0 radical (unpaired) electrons. The Kier molecular flexibility index (Phi) is 2.49. The number of aliphatic hydroxyl groups excluding tert-OH is 1. The van der Waals surface area contributed by atoms with Gasteiger partial charge in [-0.15, -0.1) is 0 Å². The second-order valence-electron chi connectivity index (χ2n) is 2.95. The fourth-order valence-electron chi connectivity index (χ4n) is 0.818. The molecule has 0 aliphatic heterocycles. The molecule has 0 aromatic rings. The van der Waals surface area contributed by atoms with Crippen molar-refractivity contribution < 1.29 is 5.11 Å². The van der Waals surface area contributed by atoms with Gasteiger partial charge in [0.25, 0.3) is 0 Å². The van der Waals surface area contributed by atoms with Crippen LogP contribution in [0.2, 0.25) is 0 Å². The van der Waals surface area contributed by atoms with E-state index in [-0.39, 0.29) is 6.10 Å². The van der Waals surface area contributed by atoms with E-state index in [0.717, 1.165) is 19.0 Å². The third-order valence-corrected chi connectivity index (χ3v) is 1.57. The van der Waals surface area contributed by atoms with Gasteiger partial charge in [-0.1, -0.05) is 0 Å². The van der Waals surface area contributed by atoms with E-state index in [9.17, 15) is 0 Å². The van der Waals surface area contributed by atoms with Gasteiger partial charge in [-0.2, -0.15) is 0 Å². The molecular formula is C7H15NO. The fourth-order valence-corrected chi connectivity index (χ4v) is 0.818. The molecular weight excluding hydrogens is 114 g/mol. The molecule has 0 bridgehead atoms. The zero-order valence-electron chi connectivity index (χ0n) is 5.93. The van der Waals surface area contributed by atoms with Gasteiger partial charge in [0.2, 0.25) is 0 Å². The van der Waals surface area contributed by atoms with Crippen LogP contribution in [0.25, 0.3) is 0 Å². The van der Waals surface area contributed by atoms with E-state index >= 15 is 0 Å². The fraction of sp³-hybridized carbons (Fsp3) is 1.00. The van der Waals surface area contributed by atoms with Crippen LogP contribution in [0, 0.1) is 5.92 Å². The summed E-state index contributed by atoms with van der Waals surface area (Å²) >= 11 is 0. The summed E-state index contributed by atoms with van der Waals surface area (Å²) in [5.74, 6) is 0.920. The van der Waals surface area contributed by atoms with Gasteiger partial charge in [0.1, 0.15) is 0 Å². The molecule has 2 heteroatoms. The van der Waals surface area contributed by atoms with Gasteiger partial charge in [-0.3, -0.25) is 0 Å². The van der Waals surface area contributed by atoms with E-state index in [1.807, 2.05) is 0 Å². The summed E-state index contributed by atoms with van der Waals surface area (Å²) in [6.07, 6.45) is 2.57. The van der Waals surface area contributed by atoms with Crippen molar-refractivity contribution >= 4 is 0 Å². The van der Waals surface area contributed by atoms with Gasteiger partial charge in [-0.25, -0.2) is 0 Å². The Hall–Kier alpha value is -0.0800. The van der Waals surface area contributed by atoms with Gasteiger partial charge >= 0.3 is 0 Å². The molecule has 1 saturated carbocycles. The van der Waals surface area contributed by atoms with Crippen LogP contribution in [-0.4, -0.2) is 24.3 Å². The van der Waals surface area contributed by atoms with Crippen LogP contribution in [0.5, 0.6) is 0 Å². The summed E-state index contributed by atoms with van der Waals surface area (Å²) in [6, 6.07) is 0. The Morgan fingerprint density at radius 1 is 1.67 bits per heavy atom. The van der Waals surface area contributed by atoms with Gasteiger partial charge in [0.05, 0.1) is 6.10 Å². The molecule has 0 aromatic carbocycles. The molecule has 54 valence electrons. The van der Waals surface area contributed by atoms with Gasteiger partial charge in [-0.05, 0) is 32.2 Å².